The van der Waals surface area contributed by atoms with E-state index in [1.807, 2.05) is 0 Å². The third-order valence-corrected chi connectivity index (χ3v) is 4.97. The lowest BCUT2D eigenvalue weighted by atomic mass is 10.0. The van der Waals surface area contributed by atoms with Crippen molar-refractivity contribution in [2.75, 3.05) is 33.2 Å². The fourth-order valence-corrected chi connectivity index (χ4v) is 3.54. The van der Waals surface area contributed by atoms with Crippen molar-refractivity contribution < 1.29 is 8.42 Å². The van der Waals surface area contributed by atoms with Gasteiger partial charge >= 0.3 is 0 Å². The summed E-state index contributed by atoms with van der Waals surface area (Å²) in [5.74, 6) is 0.464. The van der Waals surface area contributed by atoms with Gasteiger partial charge in [-0.2, -0.15) is 17.0 Å². The minimum absolute atomic E-state index is 0.464. The highest BCUT2D eigenvalue weighted by Crippen LogP contribution is 2.19. The van der Waals surface area contributed by atoms with E-state index in [1.165, 1.54) is 4.31 Å². The van der Waals surface area contributed by atoms with Crippen molar-refractivity contribution in [3.8, 4) is 0 Å². The van der Waals surface area contributed by atoms with Crippen molar-refractivity contribution in [1.82, 2.24) is 8.61 Å². The number of rotatable bonds is 5. The van der Waals surface area contributed by atoms with Crippen molar-refractivity contribution in [3.63, 3.8) is 0 Å². The Kier molecular flexibility index (Phi) is 5.17. The van der Waals surface area contributed by atoms with Crippen LogP contribution in [0.4, 0.5) is 0 Å². The molecule has 0 radical (unpaired) electrons. The smallest absolute Gasteiger partial charge is 0.281 e. The minimum Gasteiger partial charge on any atom is -0.330 e. The van der Waals surface area contributed by atoms with Crippen LogP contribution in [0.2, 0.25) is 0 Å². The van der Waals surface area contributed by atoms with Crippen LogP contribution in [-0.4, -0.2) is 50.3 Å². The highest BCUT2D eigenvalue weighted by Gasteiger charge is 2.29. The molecule has 1 aliphatic rings. The Balaban J connectivity index is 2.61. The van der Waals surface area contributed by atoms with Crippen LogP contribution in [0.5, 0.6) is 0 Å². The van der Waals surface area contributed by atoms with Gasteiger partial charge in [0.1, 0.15) is 0 Å². The van der Waals surface area contributed by atoms with E-state index in [2.05, 4.69) is 6.92 Å². The maximum absolute atomic E-state index is 12.1. The second-order valence-corrected chi connectivity index (χ2v) is 6.61. The molecule has 2 N–H and O–H groups in total. The summed E-state index contributed by atoms with van der Waals surface area (Å²) in [6, 6.07) is 0. The standard InChI is InChI=1S/C10H23N3O2S/c1-10-5-3-8-13(9-10)16(14,15)12(2)7-4-6-11/h10H,3-9,11H2,1-2H3. The van der Waals surface area contributed by atoms with Crippen LogP contribution in [0.15, 0.2) is 0 Å². The molecule has 96 valence electrons. The molecule has 1 atom stereocenters. The topological polar surface area (TPSA) is 66.6 Å². The van der Waals surface area contributed by atoms with Gasteiger partial charge in [-0.1, -0.05) is 6.92 Å². The first-order valence-corrected chi connectivity index (χ1v) is 7.29. The fraction of sp³-hybridized carbons (Fsp3) is 1.00. The van der Waals surface area contributed by atoms with E-state index in [4.69, 9.17) is 5.73 Å². The Morgan fingerprint density at radius 3 is 2.75 bits per heavy atom. The molecular weight excluding hydrogens is 226 g/mol. The molecule has 16 heavy (non-hydrogen) atoms. The predicted octanol–water partition coefficient (Wildman–Crippen LogP) is 0.244. The summed E-state index contributed by atoms with van der Waals surface area (Å²) in [5, 5.41) is 0. The van der Waals surface area contributed by atoms with E-state index < -0.39 is 10.2 Å². The summed E-state index contributed by atoms with van der Waals surface area (Å²) in [7, 11) is -1.63. The van der Waals surface area contributed by atoms with E-state index in [0.717, 1.165) is 12.8 Å². The summed E-state index contributed by atoms with van der Waals surface area (Å²) in [5.41, 5.74) is 5.39. The van der Waals surface area contributed by atoms with E-state index >= 15 is 0 Å². The Bertz CT molecular complexity index is 305. The first kappa shape index (κ1) is 13.9. The zero-order valence-electron chi connectivity index (χ0n) is 10.2. The molecule has 1 saturated heterocycles. The van der Waals surface area contributed by atoms with Gasteiger partial charge in [-0.15, -0.1) is 0 Å². The van der Waals surface area contributed by atoms with Crippen LogP contribution in [0.1, 0.15) is 26.2 Å². The fourth-order valence-electron chi connectivity index (χ4n) is 1.98. The van der Waals surface area contributed by atoms with Crippen molar-refractivity contribution >= 4 is 10.2 Å². The van der Waals surface area contributed by atoms with Crippen molar-refractivity contribution in [1.29, 1.82) is 0 Å². The summed E-state index contributed by atoms with van der Waals surface area (Å²) in [6.45, 7) is 4.43. The quantitative estimate of drug-likeness (QED) is 0.759. The van der Waals surface area contributed by atoms with E-state index in [1.54, 1.807) is 11.4 Å². The largest absolute Gasteiger partial charge is 0.330 e. The molecule has 1 aliphatic heterocycles. The minimum atomic E-state index is -3.26. The molecule has 0 aromatic heterocycles. The zero-order chi connectivity index (χ0) is 12.2. The second-order valence-electron chi connectivity index (χ2n) is 4.58. The van der Waals surface area contributed by atoms with E-state index in [0.29, 0.717) is 38.5 Å². The molecular formula is C10H23N3O2S. The maximum atomic E-state index is 12.1. The normalized spacial score (nSPS) is 23.9. The highest BCUT2D eigenvalue weighted by atomic mass is 32.2. The number of piperidine rings is 1. The van der Waals surface area contributed by atoms with Crippen LogP contribution in [0.3, 0.4) is 0 Å². The lowest BCUT2D eigenvalue weighted by Gasteiger charge is -2.33. The van der Waals surface area contributed by atoms with Crippen LogP contribution in [0, 0.1) is 5.92 Å². The Morgan fingerprint density at radius 1 is 1.50 bits per heavy atom. The van der Waals surface area contributed by atoms with Gasteiger partial charge in [0.25, 0.3) is 10.2 Å². The summed E-state index contributed by atoms with van der Waals surface area (Å²) >= 11 is 0. The molecule has 1 rings (SSSR count). The van der Waals surface area contributed by atoms with Crippen molar-refractivity contribution in [2.45, 2.75) is 26.2 Å². The molecule has 0 aliphatic carbocycles. The molecule has 0 spiro atoms. The highest BCUT2D eigenvalue weighted by molar-refractivity contribution is 7.86. The summed E-state index contributed by atoms with van der Waals surface area (Å²) < 4.78 is 27.3. The van der Waals surface area contributed by atoms with Gasteiger partial charge in [-0.25, -0.2) is 0 Å². The lowest BCUT2D eigenvalue weighted by molar-refractivity contribution is 0.263. The molecule has 0 saturated carbocycles. The van der Waals surface area contributed by atoms with Gasteiger partial charge in [0.2, 0.25) is 0 Å². The molecule has 0 amide bonds. The summed E-state index contributed by atoms with van der Waals surface area (Å²) in [6.07, 6.45) is 2.79. The molecule has 5 nitrogen and oxygen atoms in total. The number of hydrogen-bond acceptors (Lipinski definition) is 3. The van der Waals surface area contributed by atoms with Gasteiger partial charge in [0, 0.05) is 26.7 Å². The van der Waals surface area contributed by atoms with Crippen LogP contribution in [0.25, 0.3) is 0 Å². The average Bonchev–Trinajstić information content (AvgIpc) is 2.25. The van der Waals surface area contributed by atoms with Crippen LogP contribution in [-0.2, 0) is 10.2 Å². The molecule has 0 bridgehead atoms. The van der Waals surface area contributed by atoms with Crippen molar-refractivity contribution in [3.05, 3.63) is 0 Å². The van der Waals surface area contributed by atoms with Gasteiger partial charge in [-0.3, -0.25) is 0 Å². The number of nitrogens with zero attached hydrogens (tertiary/aromatic N) is 2. The van der Waals surface area contributed by atoms with Gasteiger partial charge < -0.3 is 5.73 Å². The number of hydrogen-bond donors (Lipinski definition) is 1. The third-order valence-electron chi connectivity index (χ3n) is 3.02. The van der Waals surface area contributed by atoms with E-state index in [9.17, 15) is 8.42 Å². The predicted molar refractivity (Wildman–Crippen MR) is 65.2 cm³/mol. The Hall–Kier alpha value is -0.170. The zero-order valence-corrected chi connectivity index (χ0v) is 11.0. The third kappa shape index (κ3) is 3.41. The first-order chi connectivity index (χ1) is 7.48. The Morgan fingerprint density at radius 2 is 2.19 bits per heavy atom. The molecule has 6 heteroatoms. The Labute approximate surface area is 98.8 Å². The lowest BCUT2D eigenvalue weighted by Crippen LogP contribution is -2.46. The average molecular weight is 249 g/mol. The molecule has 0 aromatic rings. The molecule has 0 aromatic carbocycles. The number of nitrogens with two attached hydrogens (primary N) is 1. The molecule has 1 fully saturated rings. The van der Waals surface area contributed by atoms with Gasteiger partial charge in [0.05, 0.1) is 0 Å². The monoisotopic (exact) mass is 249 g/mol. The molecule has 1 heterocycles. The van der Waals surface area contributed by atoms with Crippen LogP contribution < -0.4 is 5.73 Å². The second kappa shape index (κ2) is 5.95. The maximum Gasteiger partial charge on any atom is 0.281 e. The first-order valence-electron chi connectivity index (χ1n) is 5.90. The van der Waals surface area contributed by atoms with Gasteiger partial charge in [0.15, 0.2) is 0 Å². The van der Waals surface area contributed by atoms with E-state index in [-0.39, 0.29) is 0 Å². The SMILES string of the molecule is CC1CCCN(S(=O)(=O)N(C)CCCN)C1. The van der Waals surface area contributed by atoms with Crippen LogP contribution >= 0.6 is 0 Å². The van der Waals surface area contributed by atoms with Crippen molar-refractivity contribution in [2.24, 2.45) is 11.7 Å². The van der Waals surface area contributed by atoms with Gasteiger partial charge in [-0.05, 0) is 31.7 Å². The molecule has 1 unspecified atom stereocenters. The summed E-state index contributed by atoms with van der Waals surface area (Å²) in [4.78, 5) is 0.